The average Bonchev–Trinajstić information content (AvgIpc) is 2.80. The van der Waals surface area contributed by atoms with Crippen LogP contribution in [0.15, 0.2) is 41.6 Å². The number of benzene rings is 1. The van der Waals surface area contributed by atoms with Gasteiger partial charge in [-0.3, -0.25) is 4.72 Å². The number of aromatic nitrogens is 1. The fourth-order valence-corrected chi connectivity index (χ4v) is 3.08. The zero-order valence-corrected chi connectivity index (χ0v) is 12.1. The molecule has 108 valence electrons. The predicted octanol–water partition coefficient (Wildman–Crippen LogP) is 0.409. The van der Waals surface area contributed by atoms with E-state index >= 15 is 0 Å². The smallest absolute Gasteiger partial charge is 0.423 e. The van der Waals surface area contributed by atoms with Crippen LogP contribution in [0, 0.1) is 6.92 Å². The van der Waals surface area contributed by atoms with E-state index in [9.17, 15) is 13.4 Å². The largest absolute Gasteiger partial charge is 0.491 e. The number of hydrogen-bond acceptors (Lipinski definition) is 5. The maximum atomic E-state index is 12.2. The third-order valence-corrected chi connectivity index (χ3v) is 4.52. The summed E-state index contributed by atoms with van der Waals surface area (Å²) < 4.78 is 32.0. The molecule has 0 bridgehead atoms. The Balaban J connectivity index is 1.89. The lowest BCUT2D eigenvalue weighted by atomic mass is 9.79. The number of fused-ring (bicyclic) bond motifs is 1. The van der Waals surface area contributed by atoms with Crippen LogP contribution in [0.2, 0.25) is 0 Å². The van der Waals surface area contributed by atoms with Gasteiger partial charge in [-0.2, -0.15) is 8.42 Å². The van der Waals surface area contributed by atoms with Crippen LogP contribution >= 0.6 is 0 Å². The molecular formula is C13H13BN2O4S. The number of nitrogens with zero attached hydrogens (tertiary/aromatic N) is 1. The topological polar surface area (TPSA) is 88.5 Å². The molecule has 2 N–H and O–H groups in total. The molecule has 0 unspecified atom stereocenters. The van der Waals surface area contributed by atoms with Gasteiger partial charge < -0.3 is 9.68 Å². The van der Waals surface area contributed by atoms with Gasteiger partial charge in [0.25, 0.3) is 10.0 Å². The normalized spacial score (nSPS) is 14.1. The molecule has 0 aliphatic carbocycles. The highest BCUT2D eigenvalue weighted by Crippen LogP contribution is 2.17. The van der Waals surface area contributed by atoms with Crippen molar-refractivity contribution in [3.63, 3.8) is 0 Å². The molecule has 0 saturated heterocycles. The van der Waals surface area contributed by atoms with E-state index < -0.39 is 17.1 Å². The van der Waals surface area contributed by atoms with Gasteiger partial charge in [0, 0.05) is 11.9 Å². The maximum absolute atomic E-state index is 12.2. The fourth-order valence-electron chi connectivity index (χ4n) is 2.10. The first-order chi connectivity index (χ1) is 9.95. The van der Waals surface area contributed by atoms with Crippen LogP contribution in [-0.2, 0) is 21.3 Å². The molecule has 8 heteroatoms. The summed E-state index contributed by atoms with van der Waals surface area (Å²) in [6.07, 6.45) is 1.49. The Morgan fingerprint density at radius 3 is 2.86 bits per heavy atom. The van der Waals surface area contributed by atoms with Crippen LogP contribution in [-0.4, -0.2) is 25.5 Å². The molecule has 1 aromatic carbocycles. The van der Waals surface area contributed by atoms with Crippen molar-refractivity contribution >= 4 is 28.3 Å². The lowest BCUT2D eigenvalue weighted by Crippen LogP contribution is -2.28. The molecule has 0 spiro atoms. The van der Waals surface area contributed by atoms with Gasteiger partial charge in [0.2, 0.25) is 0 Å². The van der Waals surface area contributed by atoms with E-state index in [-0.39, 0.29) is 5.03 Å². The molecule has 0 fully saturated rings. The minimum Gasteiger partial charge on any atom is -0.423 e. The fraction of sp³-hybridized carbons (Fsp3) is 0.154. The van der Waals surface area contributed by atoms with E-state index in [1.54, 1.807) is 24.3 Å². The Labute approximate surface area is 123 Å². The summed E-state index contributed by atoms with van der Waals surface area (Å²) in [5.74, 6) is 0. The lowest BCUT2D eigenvalue weighted by molar-refractivity contribution is 0.275. The van der Waals surface area contributed by atoms with E-state index in [4.69, 9.17) is 4.65 Å². The van der Waals surface area contributed by atoms with E-state index in [0.717, 1.165) is 11.1 Å². The van der Waals surface area contributed by atoms with Gasteiger partial charge in [0.1, 0.15) is 0 Å². The van der Waals surface area contributed by atoms with Crippen molar-refractivity contribution in [1.82, 2.24) is 4.98 Å². The van der Waals surface area contributed by atoms with Crippen LogP contribution < -0.4 is 10.2 Å². The molecule has 0 atom stereocenters. The van der Waals surface area contributed by atoms with Crippen molar-refractivity contribution < 1.29 is 18.1 Å². The minimum atomic E-state index is -3.75. The van der Waals surface area contributed by atoms with Crippen molar-refractivity contribution in [2.45, 2.75) is 18.6 Å². The van der Waals surface area contributed by atoms with E-state index in [0.29, 0.717) is 17.8 Å². The number of rotatable bonds is 3. The van der Waals surface area contributed by atoms with Crippen LogP contribution in [0.25, 0.3) is 0 Å². The van der Waals surface area contributed by atoms with E-state index in [1.807, 2.05) is 6.92 Å². The zero-order valence-electron chi connectivity index (χ0n) is 11.3. The molecule has 1 aliphatic heterocycles. The van der Waals surface area contributed by atoms with Crippen LogP contribution in [0.5, 0.6) is 0 Å². The number of aryl methyl sites for hydroxylation is 1. The highest BCUT2D eigenvalue weighted by Gasteiger charge is 2.28. The highest BCUT2D eigenvalue weighted by molar-refractivity contribution is 7.92. The molecule has 2 heterocycles. The quantitative estimate of drug-likeness (QED) is 0.802. The van der Waals surface area contributed by atoms with Crippen molar-refractivity contribution in [2.24, 2.45) is 0 Å². The summed E-state index contributed by atoms with van der Waals surface area (Å²) in [7, 11) is -4.76. The maximum Gasteiger partial charge on any atom is 0.491 e. The van der Waals surface area contributed by atoms with Gasteiger partial charge in [-0.15, -0.1) is 0 Å². The highest BCUT2D eigenvalue weighted by atomic mass is 32.2. The first-order valence-electron chi connectivity index (χ1n) is 6.34. The molecule has 3 rings (SSSR count). The summed E-state index contributed by atoms with van der Waals surface area (Å²) in [6.45, 7) is 2.15. The summed E-state index contributed by atoms with van der Waals surface area (Å²) >= 11 is 0. The second-order valence-electron chi connectivity index (χ2n) is 4.86. The number of anilines is 1. The van der Waals surface area contributed by atoms with E-state index in [1.165, 1.54) is 12.3 Å². The Kier molecular flexibility index (Phi) is 3.44. The second kappa shape index (κ2) is 5.14. The third-order valence-electron chi connectivity index (χ3n) is 3.22. The summed E-state index contributed by atoms with van der Waals surface area (Å²) in [6, 6.07) is 8.06. The van der Waals surface area contributed by atoms with Crippen molar-refractivity contribution in [1.29, 1.82) is 0 Å². The van der Waals surface area contributed by atoms with Crippen molar-refractivity contribution in [2.75, 3.05) is 4.72 Å². The SMILES string of the molecule is Cc1ccc(S(=O)(=O)Nc2ccc3c(c2)B(O)OC3)nc1. The Hall–Kier alpha value is -1.90. The van der Waals surface area contributed by atoms with E-state index in [2.05, 4.69) is 9.71 Å². The first kappa shape index (κ1) is 14.1. The average molecular weight is 304 g/mol. The van der Waals surface area contributed by atoms with Gasteiger partial charge in [-0.1, -0.05) is 12.1 Å². The molecule has 21 heavy (non-hydrogen) atoms. The molecule has 6 nitrogen and oxygen atoms in total. The molecule has 1 aromatic heterocycles. The predicted molar refractivity (Wildman–Crippen MR) is 78.6 cm³/mol. The first-order valence-corrected chi connectivity index (χ1v) is 7.82. The second-order valence-corrected chi connectivity index (χ2v) is 6.49. The van der Waals surface area contributed by atoms with Crippen molar-refractivity contribution in [3.8, 4) is 0 Å². The van der Waals surface area contributed by atoms with Crippen molar-refractivity contribution in [3.05, 3.63) is 47.7 Å². The molecule has 0 radical (unpaired) electrons. The van der Waals surface area contributed by atoms with Gasteiger partial charge in [0.05, 0.1) is 6.61 Å². The number of nitrogens with one attached hydrogen (secondary N) is 1. The Morgan fingerprint density at radius 2 is 2.14 bits per heavy atom. The summed E-state index contributed by atoms with van der Waals surface area (Å²) in [5.41, 5.74) is 2.67. The number of sulfonamides is 1. The molecule has 1 aliphatic rings. The molecule has 0 saturated carbocycles. The van der Waals surface area contributed by atoms with Crippen LogP contribution in [0.1, 0.15) is 11.1 Å². The molecular weight excluding hydrogens is 291 g/mol. The summed E-state index contributed by atoms with van der Waals surface area (Å²) in [4.78, 5) is 3.91. The number of pyridine rings is 1. The van der Waals surface area contributed by atoms with Gasteiger partial charge in [0.15, 0.2) is 5.03 Å². The monoisotopic (exact) mass is 304 g/mol. The zero-order chi connectivity index (χ0) is 15.0. The van der Waals surface area contributed by atoms with Gasteiger partial charge in [-0.25, -0.2) is 4.98 Å². The molecule has 0 amide bonds. The minimum absolute atomic E-state index is 0.0506. The van der Waals surface area contributed by atoms with Gasteiger partial charge >= 0.3 is 7.12 Å². The Morgan fingerprint density at radius 1 is 1.33 bits per heavy atom. The molecule has 2 aromatic rings. The van der Waals surface area contributed by atoms with Gasteiger partial charge in [-0.05, 0) is 41.7 Å². The van der Waals surface area contributed by atoms with Crippen LogP contribution in [0.3, 0.4) is 0 Å². The summed E-state index contributed by atoms with van der Waals surface area (Å²) in [5, 5.41) is 9.59. The lowest BCUT2D eigenvalue weighted by Gasteiger charge is -2.09. The van der Waals surface area contributed by atoms with Crippen LogP contribution in [0.4, 0.5) is 5.69 Å². The third kappa shape index (κ3) is 2.78. The number of hydrogen-bond donors (Lipinski definition) is 2. The Bertz CT molecular complexity index is 777. The standard InChI is InChI=1S/C13H13BN2O4S/c1-9-2-5-13(15-7-9)21(18,19)16-11-4-3-10-8-20-14(17)12(10)6-11/h2-7,16-17H,8H2,1H3.